The molecule has 0 bridgehead atoms. The number of benzene rings is 1. The number of esters is 2. The number of nitrogens with zero attached hydrogens (tertiary/aromatic N) is 1. The summed E-state index contributed by atoms with van der Waals surface area (Å²) in [5, 5.41) is 32.5. The molecule has 0 radical (unpaired) electrons. The number of piperidine rings is 1. The number of hydrogen-bond donors (Lipinski definition) is 3. The van der Waals surface area contributed by atoms with E-state index >= 15 is 0 Å². The zero-order valence-electron chi connectivity index (χ0n) is 18.3. The van der Waals surface area contributed by atoms with Gasteiger partial charge in [-0.3, -0.25) is 19.7 Å². The smallest absolute Gasteiger partial charge is 0.432 e. The van der Waals surface area contributed by atoms with Gasteiger partial charge in [-0.2, -0.15) is 26.3 Å². The van der Waals surface area contributed by atoms with E-state index in [0.29, 0.717) is 17.4 Å². The van der Waals surface area contributed by atoms with E-state index < -0.39 is 87.9 Å². The fraction of sp³-hybridized carbons (Fsp3) is 0.579. The Morgan fingerprint density at radius 3 is 1.78 bits per heavy atom. The van der Waals surface area contributed by atoms with Crippen molar-refractivity contribution < 1.29 is 60.5 Å². The van der Waals surface area contributed by atoms with Crippen molar-refractivity contribution in [2.24, 2.45) is 11.8 Å². The molecule has 0 saturated carbocycles. The van der Waals surface area contributed by atoms with Crippen LogP contribution in [0.1, 0.15) is 25.3 Å². The van der Waals surface area contributed by atoms with Crippen molar-refractivity contribution in [1.82, 2.24) is 5.32 Å². The number of carbonyl (C=O) groups is 2. The first-order valence-electron chi connectivity index (χ1n) is 10.0. The van der Waals surface area contributed by atoms with E-state index in [2.05, 4.69) is 9.47 Å². The maximum absolute atomic E-state index is 14.1. The van der Waals surface area contributed by atoms with Crippen LogP contribution in [-0.4, -0.2) is 64.1 Å². The fourth-order valence-electron chi connectivity index (χ4n) is 4.01. The van der Waals surface area contributed by atoms with E-state index in [9.17, 15) is 56.3 Å². The summed E-state index contributed by atoms with van der Waals surface area (Å²) in [5.41, 5.74) is -11.5. The van der Waals surface area contributed by atoms with Crippen LogP contribution in [0.15, 0.2) is 18.2 Å². The quantitative estimate of drug-likeness (QED) is 0.210. The fourth-order valence-corrected chi connectivity index (χ4v) is 4.20. The molecule has 5 atom stereocenters. The molecule has 1 aliphatic heterocycles. The van der Waals surface area contributed by atoms with E-state index in [1.54, 1.807) is 0 Å². The first-order chi connectivity index (χ1) is 16.4. The Morgan fingerprint density at radius 2 is 1.44 bits per heavy atom. The summed E-state index contributed by atoms with van der Waals surface area (Å²) in [5.74, 6) is -12.7. The molecule has 1 aromatic rings. The van der Waals surface area contributed by atoms with Gasteiger partial charge in [-0.25, -0.2) is 5.32 Å². The van der Waals surface area contributed by atoms with Crippen LogP contribution >= 0.6 is 11.6 Å². The Morgan fingerprint density at radius 1 is 1.03 bits per heavy atom. The van der Waals surface area contributed by atoms with Crippen molar-refractivity contribution in [3.05, 3.63) is 38.9 Å². The molecule has 1 heterocycles. The van der Waals surface area contributed by atoms with Crippen molar-refractivity contribution >= 4 is 29.2 Å². The van der Waals surface area contributed by atoms with Crippen molar-refractivity contribution in [2.75, 3.05) is 13.2 Å². The number of nitro groups is 1. The number of nitro benzene ring substituents is 1. The zero-order chi connectivity index (χ0) is 27.9. The topological polar surface area (TPSA) is 148 Å². The van der Waals surface area contributed by atoms with Gasteiger partial charge in [-0.15, -0.1) is 0 Å². The SMILES string of the molecule is CCOC(=O)[C@@H]1C(c2ccc(Cl)c([N+](=O)[O-])c2)[C@@H](C(=O)OCC)[C@](O)(C(F)(F)F)N[C@]1(O)C(F)(F)F. The van der Waals surface area contributed by atoms with E-state index in [4.69, 9.17) is 11.6 Å². The lowest BCUT2D eigenvalue weighted by Crippen LogP contribution is -2.81. The van der Waals surface area contributed by atoms with E-state index in [1.165, 1.54) is 0 Å². The van der Waals surface area contributed by atoms with E-state index in [0.717, 1.165) is 19.9 Å². The van der Waals surface area contributed by atoms with Gasteiger partial charge in [0.15, 0.2) is 0 Å². The standard InChI is InChI=1S/C19H19ClF6N2O8/c1-3-35-14(29)12-11(8-5-6-9(20)10(7-8)28(33)34)13(15(30)36-4-2)17(32,19(24,25)26)27-16(12,31)18(21,22)23/h5-7,11-13,27,31-32H,3-4H2,1-2H3/t11?,12-,13-,16-,17+/m0/s1. The predicted molar refractivity (Wildman–Crippen MR) is 106 cm³/mol. The van der Waals surface area contributed by atoms with Crippen LogP contribution in [-0.2, 0) is 19.1 Å². The summed E-state index contributed by atoms with van der Waals surface area (Å²) in [6.45, 7) is 1.06. The number of carbonyl (C=O) groups excluding carboxylic acids is 2. The minimum absolute atomic E-state index is 0.421. The molecule has 1 aromatic carbocycles. The lowest BCUT2D eigenvalue weighted by atomic mass is 9.64. The van der Waals surface area contributed by atoms with Gasteiger partial charge in [-0.1, -0.05) is 17.7 Å². The third-order valence-electron chi connectivity index (χ3n) is 5.50. The maximum atomic E-state index is 14.1. The van der Waals surface area contributed by atoms with Crippen LogP contribution in [0.2, 0.25) is 5.02 Å². The Kier molecular flexibility index (Phi) is 8.20. The third-order valence-corrected chi connectivity index (χ3v) is 5.82. The summed E-state index contributed by atoms with van der Waals surface area (Å²) < 4.78 is 93.7. The molecule has 10 nitrogen and oxygen atoms in total. The number of ether oxygens (including phenoxy) is 2. The molecule has 1 unspecified atom stereocenters. The molecule has 1 fully saturated rings. The molecule has 17 heteroatoms. The third kappa shape index (κ3) is 4.94. The molecule has 1 saturated heterocycles. The minimum atomic E-state index is -6.08. The number of hydrogen-bond acceptors (Lipinski definition) is 9. The van der Waals surface area contributed by atoms with Gasteiger partial charge in [0.2, 0.25) is 11.4 Å². The Labute approximate surface area is 203 Å². The average molecular weight is 553 g/mol. The number of rotatable bonds is 6. The van der Waals surface area contributed by atoms with Gasteiger partial charge in [0.05, 0.1) is 18.1 Å². The Balaban J connectivity index is 3.06. The second kappa shape index (κ2) is 9.99. The van der Waals surface area contributed by atoms with Crippen molar-refractivity contribution in [2.45, 2.75) is 43.6 Å². The molecule has 0 spiro atoms. The van der Waals surface area contributed by atoms with Crippen molar-refractivity contribution in [3.8, 4) is 0 Å². The van der Waals surface area contributed by atoms with Gasteiger partial charge in [0.1, 0.15) is 16.9 Å². The van der Waals surface area contributed by atoms with Crippen LogP contribution in [0.5, 0.6) is 0 Å². The van der Waals surface area contributed by atoms with Gasteiger partial charge >= 0.3 is 24.3 Å². The largest absolute Gasteiger partial charge is 0.466 e. The number of alkyl halides is 6. The van der Waals surface area contributed by atoms with Gasteiger partial charge < -0.3 is 19.7 Å². The molecule has 2 rings (SSSR count). The monoisotopic (exact) mass is 552 g/mol. The van der Waals surface area contributed by atoms with Crippen LogP contribution in [0.3, 0.4) is 0 Å². The lowest BCUT2D eigenvalue weighted by molar-refractivity contribution is -0.385. The molecule has 0 aromatic heterocycles. The Bertz CT molecular complexity index is 990. The summed E-state index contributed by atoms with van der Waals surface area (Å²) in [7, 11) is 0. The number of aliphatic hydroxyl groups is 2. The highest BCUT2D eigenvalue weighted by molar-refractivity contribution is 6.32. The van der Waals surface area contributed by atoms with Gasteiger partial charge in [0, 0.05) is 12.0 Å². The molecular weight excluding hydrogens is 534 g/mol. The van der Waals surface area contributed by atoms with Gasteiger partial charge in [-0.05, 0) is 25.5 Å². The highest BCUT2D eigenvalue weighted by Gasteiger charge is 2.78. The summed E-state index contributed by atoms with van der Waals surface area (Å²) in [4.78, 5) is 35.6. The average Bonchev–Trinajstić information content (AvgIpc) is 2.72. The van der Waals surface area contributed by atoms with Crippen molar-refractivity contribution in [3.63, 3.8) is 0 Å². The van der Waals surface area contributed by atoms with Crippen LogP contribution in [0.4, 0.5) is 32.0 Å². The molecule has 202 valence electrons. The van der Waals surface area contributed by atoms with E-state index in [-0.39, 0.29) is 0 Å². The predicted octanol–water partition coefficient (Wildman–Crippen LogP) is 2.80. The molecule has 1 aliphatic rings. The Hall–Kier alpha value is -2.69. The maximum Gasteiger partial charge on any atom is 0.432 e. The second-order valence-electron chi connectivity index (χ2n) is 7.61. The molecular formula is C19H19ClF6N2O8. The number of halogens is 7. The minimum Gasteiger partial charge on any atom is -0.466 e. The van der Waals surface area contributed by atoms with Crippen LogP contribution in [0, 0.1) is 22.0 Å². The first-order valence-corrected chi connectivity index (χ1v) is 10.4. The van der Waals surface area contributed by atoms with E-state index in [1.807, 2.05) is 0 Å². The normalized spacial score (nSPS) is 28.9. The van der Waals surface area contributed by atoms with Crippen LogP contribution < -0.4 is 5.32 Å². The first kappa shape index (κ1) is 29.5. The van der Waals surface area contributed by atoms with Gasteiger partial charge in [0.25, 0.3) is 5.69 Å². The second-order valence-corrected chi connectivity index (χ2v) is 8.01. The highest BCUT2D eigenvalue weighted by Crippen LogP contribution is 2.56. The van der Waals surface area contributed by atoms with Crippen molar-refractivity contribution in [1.29, 1.82) is 0 Å². The molecule has 0 aliphatic carbocycles. The lowest BCUT2D eigenvalue weighted by Gasteiger charge is -2.54. The molecule has 36 heavy (non-hydrogen) atoms. The molecule has 0 amide bonds. The van der Waals surface area contributed by atoms with Crippen LogP contribution in [0.25, 0.3) is 0 Å². The summed E-state index contributed by atoms with van der Waals surface area (Å²) in [6, 6.07) is 1.85. The molecule has 3 N–H and O–H groups in total. The highest BCUT2D eigenvalue weighted by atomic mass is 35.5. The zero-order valence-corrected chi connectivity index (χ0v) is 19.1. The summed E-state index contributed by atoms with van der Waals surface area (Å²) in [6.07, 6.45) is -12.2. The summed E-state index contributed by atoms with van der Waals surface area (Å²) >= 11 is 5.69. The number of nitrogens with one attached hydrogen (secondary N) is 1.